The van der Waals surface area contributed by atoms with Gasteiger partial charge in [0.15, 0.2) is 11.3 Å². The largest absolute Gasteiger partial charge is 0.504 e. The van der Waals surface area contributed by atoms with Gasteiger partial charge in [-0.3, -0.25) is 4.79 Å². The Morgan fingerprint density at radius 2 is 2.00 bits per heavy atom. The predicted molar refractivity (Wildman–Crippen MR) is 82.0 cm³/mol. The molecule has 0 fully saturated rings. The van der Waals surface area contributed by atoms with Crippen LogP contribution in [0.3, 0.4) is 0 Å². The summed E-state index contributed by atoms with van der Waals surface area (Å²) < 4.78 is 5.51. The fourth-order valence-corrected chi connectivity index (χ4v) is 3.36. The molecule has 2 aromatic rings. The highest BCUT2D eigenvalue weighted by molar-refractivity contribution is 5.91. The van der Waals surface area contributed by atoms with Gasteiger partial charge in [0.2, 0.25) is 0 Å². The van der Waals surface area contributed by atoms with Crippen molar-refractivity contribution >= 4 is 16.9 Å². The van der Waals surface area contributed by atoms with E-state index in [-0.39, 0.29) is 0 Å². The van der Waals surface area contributed by atoms with E-state index in [9.17, 15) is 5.11 Å². The van der Waals surface area contributed by atoms with Crippen LogP contribution >= 0.6 is 0 Å². The number of rotatable bonds is 0. The van der Waals surface area contributed by atoms with Crippen molar-refractivity contribution in [3.05, 3.63) is 28.5 Å². The second-order valence-corrected chi connectivity index (χ2v) is 5.80. The van der Waals surface area contributed by atoms with Crippen molar-refractivity contribution in [2.75, 3.05) is 0 Å². The Hall–Kier alpha value is -1.97. The van der Waals surface area contributed by atoms with E-state index in [4.69, 9.17) is 14.3 Å². The number of carbonyl (C=O) groups is 1. The van der Waals surface area contributed by atoms with Crippen molar-refractivity contribution in [1.82, 2.24) is 0 Å². The molecule has 0 aliphatic heterocycles. The monoisotopic (exact) mass is 290 g/mol. The van der Waals surface area contributed by atoms with Crippen LogP contribution in [0.25, 0.3) is 11.0 Å². The number of carboxylic acids is 1. The van der Waals surface area contributed by atoms with E-state index in [2.05, 4.69) is 13.8 Å². The molecule has 1 unspecified atom stereocenters. The van der Waals surface area contributed by atoms with Gasteiger partial charge in [0.25, 0.3) is 5.97 Å². The summed E-state index contributed by atoms with van der Waals surface area (Å²) in [6, 6.07) is 0. The lowest BCUT2D eigenvalue weighted by Crippen LogP contribution is -2.09. The number of fused-ring (bicyclic) bond motifs is 2. The highest BCUT2D eigenvalue weighted by atomic mass is 16.4. The second-order valence-electron chi connectivity index (χ2n) is 5.80. The molecule has 1 aliphatic rings. The zero-order chi connectivity index (χ0) is 15.7. The average Bonchev–Trinajstić information content (AvgIpc) is 2.78. The van der Waals surface area contributed by atoms with E-state index in [0.717, 1.165) is 36.3 Å². The van der Waals surface area contributed by atoms with Crippen molar-refractivity contribution in [2.24, 2.45) is 0 Å². The smallest absolute Gasteiger partial charge is 0.300 e. The maximum atomic E-state index is 10.4. The Bertz CT molecular complexity index is 678. The number of carboxylic acid groups (broad SMARTS) is 1. The number of aryl methyl sites for hydroxylation is 2. The molecule has 0 spiro atoms. The quantitative estimate of drug-likeness (QED) is 0.759. The molecule has 0 bridgehead atoms. The summed E-state index contributed by atoms with van der Waals surface area (Å²) >= 11 is 0. The second kappa shape index (κ2) is 5.80. The van der Waals surface area contributed by atoms with Gasteiger partial charge in [-0.2, -0.15) is 0 Å². The summed E-state index contributed by atoms with van der Waals surface area (Å²) in [6.07, 6.45) is 5.09. The van der Waals surface area contributed by atoms with Crippen LogP contribution in [0.4, 0.5) is 0 Å². The lowest BCUT2D eigenvalue weighted by atomic mass is 9.79. The van der Waals surface area contributed by atoms with Crippen molar-refractivity contribution in [1.29, 1.82) is 0 Å². The summed E-state index contributed by atoms with van der Waals surface area (Å²) in [5, 5.41) is 18.9. The molecule has 0 amide bonds. The summed E-state index contributed by atoms with van der Waals surface area (Å²) in [4.78, 5) is 9.00. The van der Waals surface area contributed by atoms with Gasteiger partial charge in [-0.1, -0.05) is 6.92 Å². The number of hydrogen-bond acceptors (Lipinski definition) is 3. The van der Waals surface area contributed by atoms with E-state index in [1.165, 1.54) is 17.5 Å². The maximum absolute atomic E-state index is 10.4. The molecule has 1 atom stereocenters. The average molecular weight is 290 g/mol. The molecular weight excluding hydrogens is 268 g/mol. The van der Waals surface area contributed by atoms with Crippen LogP contribution in [-0.4, -0.2) is 16.2 Å². The van der Waals surface area contributed by atoms with Crippen molar-refractivity contribution in [2.45, 2.75) is 52.9 Å². The molecule has 21 heavy (non-hydrogen) atoms. The Labute approximate surface area is 124 Å². The molecule has 4 nitrogen and oxygen atoms in total. The SMILES string of the molecule is CC(=O)O.Cc1coc2c(O)c3c(c(C)c12)C(C)CCC3. The lowest BCUT2D eigenvalue weighted by molar-refractivity contribution is -0.134. The fraction of sp³-hybridized carbons (Fsp3) is 0.471. The highest BCUT2D eigenvalue weighted by Gasteiger charge is 2.26. The zero-order valence-corrected chi connectivity index (χ0v) is 13.0. The van der Waals surface area contributed by atoms with Crippen molar-refractivity contribution in [3.63, 3.8) is 0 Å². The number of benzene rings is 1. The van der Waals surface area contributed by atoms with Gasteiger partial charge < -0.3 is 14.6 Å². The molecule has 1 aromatic carbocycles. The molecule has 0 saturated carbocycles. The van der Waals surface area contributed by atoms with Crippen molar-refractivity contribution < 1.29 is 19.4 Å². The van der Waals surface area contributed by atoms with Crippen LogP contribution in [0, 0.1) is 13.8 Å². The number of phenols is 1. The molecule has 4 heteroatoms. The molecule has 0 saturated heterocycles. The molecule has 1 aromatic heterocycles. The van der Waals surface area contributed by atoms with Crippen LogP contribution in [-0.2, 0) is 11.2 Å². The number of hydrogen-bond donors (Lipinski definition) is 2. The third kappa shape index (κ3) is 2.75. The standard InChI is InChI=1S/C15H18O2.C2H4O2/c1-8-5-4-6-11-12(8)10(3)13-9(2)7-17-15(13)14(11)16;1-2(3)4/h7-8,16H,4-6H2,1-3H3;1H3,(H,3,4). The highest BCUT2D eigenvalue weighted by Crippen LogP contribution is 2.44. The number of aliphatic carboxylic acids is 1. The minimum atomic E-state index is -0.833. The van der Waals surface area contributed by atoms with Crippen LogP contribution in [0.5, 0.6) is 5.75 Å². The minimum absolute atomic E-state index is 0.375. The van der Waals surface area contributed by atoms with Gasteiger partial charge in [-0.05, 0) is 55.7 Å². The maximum Gasteiger partial charge on any atom is 0.300 e. The molecular formula is C17H22O4. The van der Waals surface area contributed by atoms with Crippen molar-refractivity contribution in [3.8, 4) is 5.75 Å². The lowest BCUT2D eigenvalue weighted by Gasteiger charge is -2.25. The first kappa shape index (κ1) is 15.4. The van der Waals surface area contributed by atoms with Gasteiger partial charge in [-0.15, -0.1) is 0 Å². The fourth-order valence-electron chi connectivity index (χ4n) is 3.36. The first-order valence-electron chi connectivity index (χ1n) is 7.26. The molecule has 0 radical (unpaired) electrons. The Morgan fingerprint density at radius 3 is 2.62 bits per heavy atom. The molecule has 1 aliphatic carbocycles. The zero-order valence-electron chi connectivity index (χ0n) is 13.0. The van der Waals surface area contributed by atoms with Crippen LogP contribution in [0.15, 0.2) is 10.7 Å². The number of aromatic hydroxyl groups is 1. The first-order chi connectivity index (χ1) is 9.84. The van der Waals surface area contributed by atoms with Gasteiger partial charge in [0.05, 0.1) is 6.26 Å². The molecule has 1 heterocycles. The van der Waals surface area contributed by atoms with E-state index in [1.54, 1.807) is 6.26 Å². The van der Waals surface area contributed by atoms with Crippen LogP contribution < -0.4 is 0 Å². The predicted octanol–water partition coefficient (Wildman–Crippen LogP) is 4.29. The number of phenolic OH excluding ortho intramolecular Hbond substituents is 1. The van der Waals surface area contributed by atoms with E-state index >= 15 is 0 Å². The first-order valence-corrected chi connectivity index (χ1v) is 7.26. The summed E-state index contributed by atoms with van der Waals surface area (Å²) in [6.45, 7) is 7.54. The van der Waals surface area contributed by atoms with Gasteiger partial charge in [0, 0.05) is 17.9 Å². The topological polar surface area (TPSA) is 70.7 Å². The third-order valence-electron chi connectivity index (χ3n) is 4.14. The van der Waals surface area contributed by atoms with E-state index < -0.39 is 5.97 Å². The van der Waals surface area contributed by atoms with E-state index in [1.807, 2.05) is 6.92 Å². The molecule has 114 valence electrons. The molecule has 2 N–H and O–H groups in total. The Kier molecular flexibility index (Phi) is 4.26. The minimum Gasteiger partial charge on any atom is -0.504 e. The van der Waals surface area contributed by atoms with Gasteiger partial charge in [-0.25, -0.2) is 0 Å². The van der Waals surface area contributed by atoms with Gasteiger partial charge in [0.1, 0.15) is 0 Å². The van der Waals surface area contributed by atoms with Gasteiger partial charge >= 0.3 is 0 Å². The summed E-state index contributed by atoms with van der Waals surface area (Å²) in [7, 11) is 0. The molecule has 3 rings (SSSR count). The summed E-state index contributed by atoms with van der Waals surface area (Å²) in [5.41, 5.74) is 5.56. The third-order valence-corrected chi connectivity index (χ3v) is 4.14. The van der Waals surface area contributed by atoms with Crippen LogP contribution in [0.1, 0.15) is 54.9 Å². The van der Waals surface area contributed by atoms with E-state index in [0.29, 0.717) is 17.3 Å². The normalized spacial score (nSPS) is 17.0. The number of furan rings is 1. The van der Waals surface area contributed by atoms with Crippen LogP contribution in [0.2, 0.25) is 0 Å². The Morgan fingerprint density at radius 1 is 1.38 bits per heavy atom. The summed E-state index contributed by atoms with van der Waals surface area (Å²) in [5.74, 6) is 0.0867. The Balaban J connectivity index is 0.000000361.